The molecule has 1 unspecified atom stereocenters. The number of carbonyl (C=O) groups is 2. The van der Waals surface area contributed by atoms with Crippen LogP contribution in [0.4, 0.5) is 5.69 Å². The molecule has 2 amide bonds. The summed E-state index contributed by atoms with van der Waals surface area (Å²) in [6.45, 7) is 0.586. The van der Waals surface area contributed by atoms with Gasteiger partial charge in [0.05, 0.1) is 5.69 Å². The molecule has 12 heteroatoms. The Balaban J connectivity index is 1.57. The van der Waals surface area contributed by atoms with Crippen molar-refractivity contribution in [1.82, 2.24) is 9.21 Å². The molecule has 1 atom stereocenters. The number of benzene rings is 3. The molecule has 6 N–H and O–H groups in total. The van der Waals surface area contributed by atoms with Crippen LogP contribution >= 0.6 is 11.6 Å². The molecule has 0 bridgehead atoms. The summed E-state index contributed by atoms with van der Waals surface area (Å²) in [7, 11) is -3.74. The van der Waals surface area contributed by atoms with E-state index >= 15 is 0 Å². The predicted octanol–water partition coefficient (Wildman–Crippen LogP) is 3.06. The summed E-state index contributed by atoms with van der Waals surface area (Å²) < 4.78 is 27.6. The van der Waals surface area contributed by atoms with E-state index in [1.807, 2.05) is 0 Å². The second-order valence-electron chi connectivity index (χ2n) is 9.28. The highest BCUT2D eigenvalue weighted by Gasteiger charge is 2.35. The number of rotatable bonds is 9. The Labute approximate surface area is 237 Å². The number of halogens is 1. The molecule has 1 aliphatic heterocycles. The number of sulfonamides is 1. The van der Waals surface area contributed by atoms with Crippen LogP contribution in [-0.2, 0) is 16.6 Å². The van der Waals surface area contributed by atoms with Gasteiger partial charge in [0.15, 0.2) is 5.96 Å². The molecule has 40 heavy (non-hydrogen) atoms. The number of guanidine groups is 1. The lowest BCUT2D eigenvalue weighted by Crippen LogP contribution is -2.42. The summed E-state index contributed by atoms with van der Waals surface area (Å²) in [6, 6.07) is 19.5. The van der Waals surface area contributed by atoms with Crippen molar-refractivity contribution in [2.75, 3.05) is 13.1 Å². The number of primary amides is 1. The number of amides is 2. The van der Waals surface area contributed by atoms with Crippen LogP contribution in [0.25, 0.3) is 6.08 Å². The lowest BCUT2D eigenvalue weighted by molar-refractivity contribution is 0.0671. The first-order valence-electron chi connectivity index (χ1n) is 12.3. The third-order valence-electron chi connectivity index (χ3n) is 6.45. The van der Waals surface area contributed by atoms with Crippen molar-refractivity contribution in [3.05, 3.63) is 105 Å². The first-order valence-corrected chi connectivity index (χ1v) is 14.2. The zero-order valence-corrected chi connectivity index (χ0v) is 23.1. The molecule has 3 aromatic rings. The highest BCUT2D eigenvalue weighted by molar-refractivity contribution is 7.92. The molecular weight excluding hydrogens is 552 g/mol. The maximum absolute atomic E-state index is 13.7. The van der Waals surface area contributed by atoms with Crippen molar-refractivity contribution in [3.8, 4) is 0 Å². The molecular formula is C28H29ClN6O4S. The zero-order valence-electron chi connectivity index (χ0n) is 21.5. The molecule has 0 saturated carbocycles. The van der Waals surface area contributed by atoms with Crippen LogP contribution in [0.1, 0.15) is 38.3 Å². The SMILES string of the molecule is NC(=O)c1ccc(CN(C(=O)c2ccc(N=C(N)N)cc2)C2CCN(S(=O)(=O)/C=C/c3ccc(Cl)cc3)C2)cc1. The Morgan fingerprint density at radius 2 is 1.57 bits per heavy atom. The fourth-order valence-corrected chi connectivity index (χ4v) is 5.72. The third kappa shape index (κ3) is 7.26. The van der Waals surface area contributed by atoms with Gasteiger partial charge in [-0.1, -0.05) is 35.9 Å². The maximum atomic E-state index is 13.7. The van der Waals surface area contributed by atoms with Crippen molar-refractivity contribution in [2.24, 2.45) is 22.2 Å². The van der Waals surface area contributed by atoms with Gasteiger partial charge in [-0.05, 0) is 72.2 Å². The predicted molar refractivity (Wildman–Crippen MR) is 156 cm³/mol. The van der Waals surface area contributed by atoms with Crippen molar-refractivity contribution in [3.63, 3.8) is 0 Å². The number of hydrogen-bond acceptors (Lipinski definition) is 5. The highest BCUT2D eigenvalue weighted by atomic mass is 35.5. The second-order valence-corrected chi connectivity index (χ2v) is 11.5. The van der Waals surface area contributed by atoms with Gasteiger partial charge in [-0.15, -0.1) is 0 Å². The number of carbonyl (C=O) groups excluding carboxylic acids is 2. The van der Waals surface area contributed by atoms with E-state index in [2.05, 4.69) is 4.99 Å². The minimum absolute atomic E-state index is 0.0996. The number of nitrogens with zero attached hydrogens (tertiary/aromatic N) is 3. The quantitative estimate of drug-likeness (QED) is 0.260. The smallest absolute Gasteiger partial charge is 0.254 e. The van der Waals surface area contributed by atoms with Crippen LogP contribution in [-0.4, -0.2) is 54.5 Å². The van der Waals surface area contributed by atoms with Crippen LogP contribution < -0.4 is 17.2 Å². The average Bonchev–Trinajstić information content (AvgIpc) is 3.43. The van der Waals surface area contributed by atoms with Crippen molar-refractivity contribution in [1.29, 1.82) is 0 Å². The molecule has 0 radical (unpaired) electrons. The lowest BCUT2D eigenvalue weighted by atomic mass is 10.1. The molecule has 0 spiro atoms. The second kappa shape index (κ2) is 12.3. The fourth-order valence-electron chi connectivity index (χ4n) is 4.35. The first-order chi connectivity index (χ1) is 19.0. The van der Waals surface area contributed by atoms with Crippen LogP contribution in [0.2, 0.25) is 5.02 Å². The summed E-state index contributed by atoms with van der Waals surface area (Å²) in [5, 5.41) is 1.72. The van der Waals surface area contributed by atoms with Gasteiger partial charge in [0.25, 0.3) is 5.91 Å². The minimum Gasteiger partial charge on any atom is -0.370 e. The van der Waals surface area contributed by atoms with Crippen LogP contribution in [0.3, 0.4) is 0 Å². The van der Waals surface area contributed by atoms with E-state index in [1.165, 1.54) is 10.4 Å². The molecule has 1 heterocycles. The molecule has 208 valence electrons. The van der Waals surface area contributed by atoms with Gasteiger partial charge >= 0.3 is 0 Å². The fraction of sp³-hybridized carbons (Fsp3) is 0.179. The standard InChI is InChI=1S/C28H29ClN6O4S/c29-23-9-3-19(4-10-23)14-16-40(38,39)34-15-13-25(18-34)35(17-20-1-5-21(6-2-20)26(30)36)27(37)22-7-11-24(12-8-22)33-28(31)32/h1-12,14,16,25H,13,15,17-18H2,(H2,30,36)(H4,31,32,33)/b16-14+. The number of aliphatic imine (C=N–C) groups is 1. The summed E-state index contributed by atoms with van der Waals surface area (Å²) in [5.41, 5.74) is 18.9. The molecule has 10 nitrogen and oxygen atoms in total. The van der Waals surface area contributed by atoms with E-state index < -0.39 is 15.9 Å². The van der Waals surface area contributed by atoms with Gasteiger partial charge in [-0.2, -0.15) is 4.31 Å². The van der Waals surface area contributed by atoms with Crippen LogP contribution in [0, 0.1) is 0 Å². The van der Waals surface area contributed by atoms with Gasteiger partial charge in [0, 0.05) is 47.2 Å². The van der Waals surface area contributed by atoms with E-state index in [1.54, 1.807) is 77.7 Å². The first kappa shape index (κ1) is 28.8. The van der Waals surface area contributed by atoms with Gasteiger partial charge in [0.1, 0.15) is 0 Å². The molecule has 1 saturated heterocycles. The average molecular weight is 581 g/mol. The topological polar surface area (TPSA) is 165 Å². The largest absolute Gasteiger partial charge is 0.370 e. The van der Waals surface area contributed by atoms with Gasteiger partial charge in [0.2, 0.25) is 15.9 Å². The van der Waals surface area contributed by atoms with Gasteiger partial charge < -0.3 is 22.1 Å². The van der Waals surface area contributed by atoms with Gasteiger partial charge in [-0.25, -0.2) is 13.4 Å². The Kier molecular flexibility index (Phi) is 8.88. The Hall–Kier alpha value is -4.19. The Bertz CT molecular complexity index is 1540. The monoisotopic (exact) mass is 580 g/mol. The van der Waals surface area contributed by atoms with E-state index in [0.717, 1.165) is 11.0 Å². The molecule has 0 aliphatic carbocycles. The van der Waals surface area contributed by atoms with E-state index in [9.17, 15) is 18.0 Å². The van der Waals surface area contributed by atoms with E-state index in [-0.39, 0.29) is 37.5 Å². The lowest BCUT2D eigenvalue weighted by Gasteiger charge is -2.29. The van der Waals surface area contributed by atoms with Crippen LogP contribution in [0.5, 0.6) is 0 Å². The molecule has 0 aromatic heterocycles. The molecule has 1 fully saturated rings. The Morgan fingerprint density at radius 3 is 2.17 bits per heavy atom. The summed E-state index contributed by atoms with van der Waals surface area (Å²) in [6.07, 6.45) is 1.96. The van der Waals surface area contributed by atoms with Crippen LogP contribution in [0.15, 0.2) is 83.2 Å². The molecule has 4 rings (SSSR count). The van der Waals surface area contributed by atoms with Crippen molar-refractivity contribution >= 4 is 51.2 Å². The maximum Gasteiger partial charge on any atom is 0.254 e. The minimum atomic E-state index is -3.74. The van der Waals surface area contributed by atoms with E-state index in [4.69, 9.17) is 28.8 Å². The van der Waals surface area contributed by atoms with Gasteiger partial charge in [-0.3, -0.25) is 9.59 Å². The Morgan fingerprint density at radius 1 is 0.950 bits per heavy atom. The third-order valence-corrected chi connectivity index (χ3v) is 8.24. The molecule has 1 aliphatic rings. The van der Waals surface area contributed by atoms with Crippen molar-refractivity contribution < 1.29 is 18.0 Å². The zero-order chi connectivity index (χ0) is 28.9. The number of nitrogens with two attached hydrogens (primary N) is 3. The van der Waals surface area contributed by atoms with Crippen molar-refractivity contribution in [2.45, 2.75) is 19.0 Å². The molecule has 3 aromatic carbocycles. The summed E-state index contributed by atoms with van der Waals surface area (Å²) in [4.78, 5) is 30.8. The van der Waals surface area contributed by atoms with E-state index in [0.29, 0.717) is 33.8 Å². The normalized spacial score (nSPS) is 15.7. The summed E-state index contributed by atoms with van der Waals surface area (Å²) in [5.74, 6) is -0.933. The number of hydrogen-bond donors (Lipinski definition) is 3. The summed E-state index contributed by atoms with van der Waals surface area (Å²) >= 11 is 5.91. The highest BCUT2D eigenvalue weighted by Crippen LogP contribution is 2.25.